The van der Waals surface area contributed by atoms with Gasteiger partial charge in [0.15, 0.2) is 0 Å². The van der Waals surface area contributed by atoms with E-state index < -0.39 is 0 Å². The van der Waals surface area contributed by atoms with Crippen molar-refractivity contribution in [3.8, 4) is 0 Å². The number of hydrogen-bond acceptors (Lipinski definition) is 2. The predicted octanol–water partition coefficient (Wildman–Crippen LogP) is -0.00570. The molecule has 2 rings (SSSR count). The van der Waals surface area contributed by atoms with E-state index in [0.29, 0.717) is 5.41 Å². The highest BCUT2D eigenvalue weighted by molar-refractivity contribution is 5.88. The summed E-state index contributed by atoms with van der Waals surface area (Å²) in [5.74, 6) is 0.162. The van der Waals surface area contributed by atoms with Gasteiger partial charge in [-0.1, -0.05) is 6.08 Å². The van der Waals surface area contributed by atoms with Gasteiger partial charge in [0.1, 0.15) is 0 Å². The number of likely N-dealkylation sites (tertiary alicyclic amines) is 1. The summed E-state index contributed by atoms with van der Waals surface area (Å²) in [5.41, 5.74) is 0.456. The predicted molar refractivity (Wildman–Crippen MR) is 46.7 cm³/mol. The SMILES string of the molecule is C/C=C/C(=O)N1CC2(CNC2)C1. The van der Waals surface area contributed by atoms with E-state index in [-0.39, 0.29) is 5.91 Å². The Kier molecular flexibility index (Phi) is 1.68. The number of nitrogens with zero attached hydrogens (tertiary/aromatic N) is 1. The van der Waals surface area contributed by atoms with Crippen LogP contribution in [0.5, 0.6) is 0 Å². The number of allylic oxidation sites excluding steroid dienone is 1. The zero-order valence-corrected chi connectivity index (χ0v) is 7.34. The number of rotatable bonds is 1. The highest BCUT2D eigenvalue weighted by Gasteiger charge is 2.48. The molecule has 0 atom stereocenters. The number of carbonyl (C=O) groups is 1. The van der Waals surface area contributed by atoms with E-state index in [4.69, 9.17) is 0 Å². The van der Waals surface area contributed by atoms with Crippen molar-refractivity contribution >= 4 is 5.91 Å². The second kappa shape index (κ2) is 2.59. The van der Waals surface area contributed by atoms with E-state index in [0.717, 1.165) is 26.2 Å². The summed E-state index contributed by atoms with van der Waals surface area (Å²) in [4.78, 5) is 13.2. The van der Waals surface area contributed by atoms with Crippen molar-refractivity contribution in [3.05, 3.63) is 12.2 Å². The lowest BCUT2D eigenvalue weighted by Crippen LogP contribution is -2.71. The largest absolute Gasteiger partial charge is 0.338 e. The number of carbonyl (C=O) groups excluding carboxylic acids is 1. The topological polar surface area (TPSA) is 32.3 Å². The molecule has 66 valence electrons. The molecule has 0 unspecified atom stereocenters. The van der Waals surface area contributed by atoms with Crippen LogP contribution >= 0.6 is 0 Å². The molecule has 0 aromatic rings. The van der Waals surface area contributed by atoms with Crippen molar-refractivity contribution in [3.63, 3.8) is 0 Å². The maximum absolute atomic E-state index is 11.3. The molecule has 1 N–H and O–H groups in total. The zero-order chi connectivity index (χ0) is 8.60. The minimum absolute atomic E-state index is 0.162. The first kappa shape index (κ1) is 7.80. The van der Waals surface area contributed by atoms with Gasteiger partial charge in [-0.2, -0.15) is 0 Å². The summed E-state index contributed by atoms with van der Waals surface area (Å²) in [6, 6.07) is 0. The molecule has 0 radical (unpaired) electrons. The molecule has 12 heavy (non-hydrogen) atoms. The van der Waals surface area contributed by atoms with E-state index in [1.54, 1.807) is 12.2 Å². The van der Waals surface area contributed by atoms with Crippen molar-refractivity contribution in [1.29, 1.82) is 0 Å². The quantitative estimate of drug-likeness (QED) is 0.556. The third kappa shape index (κ3) is 1.05. The minimum Gasteiger partial charge on any atom is -0.338 e. The molecule has 2 heterocycles. The van der Waals surface area contributed by atoms with E-state index >= 15 is 0 Å². The molecule has 1 spiro atoms. The Balaban J connectivity index is 1.84. The molecule has 0 aromatic heterocycles. The number of amides is 1. The highest BCUT2D eigenvalue weighted by Crippen LogP contribution is 2.33. The van der Waals surface area contributed by atoms with Gasteiger partial charge in [0.05, 0.1) is 0 Å². The fourth-order valence-electron chi connectivity index (χ4n) is 1.87. The second-order valence-corrected chi connectivity index (χ2v) is 3.80. The average Bonchev–Trinajstić information content (AvgIpc) is 1.81. The average molecular weight is 166 g/mol. The normalized spacial score (nSPS) is 25.6. The zero-order valence-electron chi connectivity index (χ0n) is 7.34. The monoisotopic (exact) mass is 166 g/mol. The summed E-state index contributed by atoms with van der Waals surface area (Å²) >= 11 is 0. The van der Waals surface area contributed by atoms with Crippen molar-refractivity contribution in [2.75, 3.05) is 26.2 Å². The summed E-state index contributed by atoms with van der Waals surface area (Å²) < 4.78 is 0. The van der Waals surface area contributed by atoms with Gasteiger partial charge in [-0.05, 0) is 13.0 Å². The van der Waals surface area contributed by atoms with Crippen LogP contribution in [0, 0.1) is 5.41 Å². The van der Waals surface area contributed by atoms with Gasteiger partial charge in [-0.3, -0.25) is 4.79 Å². The maximum atomic E-state index is 11.3. The lowest BCUT2D eigenvalue weighted by Gasteiger charge is -2.55. The third-order valence-corrected chi connectivity index (χ3v) is 2.67. The van der Waals surface area contributed by atoms with Crippen molar-refractivity contribution in [1.82, 2.24) is 10.2 Å². The molecule has 0 aromatic carbocycles. The highest BCUT2D eigenvalue weighted by atomic mass is 16.2. The third-order valence-electron chi connectivity index (χ3n) is 2.67. The van der Waals surface area contributed by atoms with Gasteiger partial charge < -0.3 is 10.2 Å². The lowest BCUT2D eigenvalue weighted by atomic mass is 9.74. The van der Waals surface area contributed by atoms with Crippen LogP contribution in [0.1, 0.15) is 6.92 Å². The molecule has 0 saturated carbocycles. The molecule has 2 aliphatic rings. The molecule has 3 heteroatoms. The van der Waals surface area contributed by atoms with Gasteiger partial charge in [0.25, 0.3) is 0 Å². The smallest absolute Gasteiger partial charge is 0.246 e. The molecule has 3 nitrogen and oxygen atoms in total. The number of hydrogen-bond donors (Lipinski definition) is 1. The van der Waals surface area contributed by atoms with Gasteiger partial charge in [-0.15, -0.1) is 0 Å². The fraction of sp³-hybridized carbons (Fsp3) is 0.667. The van der Waals surface area contributed by atoms with Gasteiger partial charge in [0, 0.05) is 31.6 Å². The van der Waals surface area contributed by atoms with Crippen LogP contribution in [0.15, 0.2) is 12.2 Å². The molecule has 1 amide bonds. The second-order valence-electron chi connectivity index (χ2n) is 3.80. The summed E-state index contributed by atoms with van der Waals surface area (Å²) in [5, 5.41) is 3.24. The van der Waals surface area contributed by atoms with Gasteiger partial charge >= 0.3 is 0 Å². The van der Waals surface area contributed by atoms with E-state index in [1.165, 1.54) is 0 Å². The molecule has 2 saturated heterocycles. The Morgan fingerprint density at radius 2 is 2.17 bits per heavy atom. The molecule has 2 aliphatic heterocycles. The summed E-state index contributed by atoms with van der Waals surface area (Å²) in [6.07, 6.45) is 3.44. The standard InChI is InChI=1S/C9H14N2O/c1-2-3-8(12)11-6-9(7-11)4-10-5-9/h2-3,10H,4-7H2,1H3/b3-2+. The van der Waals surface area contributed by atoms with E-state index in [2.05, 4.69) is 5.32 Å². The van der Waals surface area contributed by atoms with E-state index in [9.17, 15) is 4.79 Å². The van der Waals surface area contributed by atoms with Crippen LogP contribution in [0.2, 0.25) is 0 Å². The van der Waals surface area contributed by atoms with Gasteiger partial charge in [-0.25, -0.2) is 0 Å². The first-order valence-corrected chi connectivity index (χ1v) is 4.38. The van der Waals surface area contributed by atoms with Crippen LogP contribution in [0.25, 0.3) is 0 Å². The minimum atomic E-state index is 0.162. The maximum Gasteiger partial charge on any atom is 0.246 e. The molecular weight excluding hydrogens is 152 g/mol. The Bertz CT molecular complexity index is 223. The van der Waals surface area contributed by atoms with Crippen LogP contribution in [0.4, 0.5) is 0 Å². The van der Waals surface area contributed by atoms with Crippen molar-refractivity contribution in [2.24, 2.45) is 5.41 Å². The Hall–Kier alpha value is -0.830. The van der Waals surface area contributed by atoms with Gasteiger partial charge in [0.2, 0.25) is 5.91 Å². The number of nitrogens with one attached hydrogen (secondary N) is 1. The van der Waals surface area contributed by atoms with Crippen LogP contribution < -0.4 is 5.32 Å². The Labute approximate surface area is 72.4 Å². The van der Waals surface area contributed by atoms with Crippen LogP contribution in [0.3, 0.4) is 0 Å². The molecular formula is C9H14N2O. The molecule has 0 aliphatic carbocycles. The van der Waals surface area contributed by atoms with Crippen LogP contribution in [-0.4, -0.2) is 37.0 Å². The molecule has 0 bridgehead atoms. The summed E-state index contributed by atoms with van der Waals surface area (Å²) in [6.45, 7) is 5.95. The summed E-state index contributed by atoms with van der Waals surface area (Å²) in [7, 11) is 0. The van der Waals surface area contributed by atoms with Crippen LogP contribution in [-0.2, 0) is 4.79 Å². The van der Waals surface area contributed by atoms with Crippen molar-refractivity contribution < 1.29 is 4.79 Å². The molecule has 2 fully saturated rings. The fourth-order valence-corrected chi connectivity index (χ4v) is 1.87. The first-order valence-electron chi connectivity index (χ1n) is 4.38. The Morgan fingerprint density at radius 3 is 2.58 bits per heavy atom. The first-order chi connectivity index (χ1) is 5.76. The van der Waals surface area contributed by atoms with Crippen molar-refractivity contribution in [2.45, 2.75) is 6.92 Å². The Morgan fingerprint density at radius 1 is 1.50 bits per heavy atom. The lowest BCUT2D eigenvalue weighted by molar-refractivity contribution is -0.141. The van der Waals surface area contributed by atoms with E-state index in [1.807, 2.05) is 11.8 Å².